The zero-order valence-electron chi connectivity index (χ0n) is 15.8. The van der Waals surface area contributed by atoms with Gasteiger partial charge in [0.2, 0.25) is 0 Å². The van der Waals surface area contributed by atoms with Gasteiger partial charge in [0.1, 0.15) is 23.3 Å². The number of hydrogen-bond donors (Lipinski definition) is 1. The lowest BCUT2D eigenvalue weighted by atomic mass is 10.1. The number of aromatic nitrogens is 2. The Bertz CT molecular complexity index is 935. The quantitative estimate of drug-likeness (QED) is 0.630. The Hall–Kier alpha value is -2.41. The van der Waals surface area contributed by atoms with Gasteiger partial charge in [0, 0.05) is 30.7 Å². The highest BCUT2D eigenvalue weighted by molar-refractivity contribution is 6.29. The van der Waals surface area contributed by atoms with E-state index >= 15 is 0 Å². The lowest BCUT2D eigenvalue weighted by molar-refractivity contribution is -0.00513. The molecule has 3 aromatic rings. The van der Waals surface area contributed by atoms with Crippen molar-refractivity contribution in [3.05, 3.63) is 53.9 Å². The summed E-state index contributed by atoms with van der Waals surface area (Å²) in [7, 11) is 0. The van der Waals surface area contributed by atoms with Crippen LogP contribution in [0.2, 0.25) is 5.15 Å². The van der Waals surface area contributed by atoms with Crippen LogP contribution in [-0.2, 0) is 4.74 Å². The Labute approximate surface area is 169 Å². The molecular weight excluding hydrogens is 376 g/mol. The van der Waals surface area contributed by atoms with Crippen molar-refractivity contribution in [2.75, 3.05) is 38.2 Å². The summed E-state index contributed by atoms with van der Waals surface area (Å²) in [6, 6.07) is 12.1. The number of anilines is 2. The molecule has 6 nitrogen and oxygen atoms in total. The second-order valence-electron chi connectivity index (χ2n) is 6.85. The fourth-order valence-electron chi connectivity index (χ4n) is 3.31. The molecule has 1 saturated heterocycles. The first-order valence-electron chi connectivity index (χ1n) is 9.41. The number of hydrogen-bond acceptors (Lipinski definition) is 6. The Kier molecular flexibility index (Phi) is 5.90. The SMILES string of the molecule is C[C@H]1COCCN1CCOc1ccc2c(Nc3ccc(Cl)nc3)nccc2c1. The van der Waals surface area contributed by atoms with E-state index in [1.807, 2.05) is 30.3 Å². The van der Waals surface area contributed by atoms with Crippen molar-refractivity contribution in [3.8, 4) is 5.75 Å². The third kappa shape index (κ3) is 4.52. The van der Waals surface area contributed by atoms with Crippen molar-refractivity contribution < 1.29 is 9.47 Å². The number of fused-ring (bicyclic) bond motifs is 1. The highest BCUT2D eigenvalue weighted by atomic mass is 35.5. The Balaban J connectivity index is 1.43. The van der Waals surface area contributed by atoms with E-state index in [9.17, 15) is 0 Å². The second kappa shape index (κ2) is 8.73. The number of ether oxygens (including phenoxy) is 2. The van der Waals surface area contributed by atoms with Gasteiger partial charge >= 0.3 is 0 Å². The van der Waals surface area contributed by atoms with Gasteiger partial charge in [-0.2, -0.15) is 0 Å². The molecule has 1 atom stereocenters. The van der Waals surface area contributed by atoms with Crippen LogP contribution in [0.4, 0.5) is 11.5 Å². The van der Waals surface area contributed by atoms with Crippen molar-refractivity contribution in [3.63, 3.8) is 0 Å². The smallest absolute Gasteiger partial charge is 0.138 e. The normalized spacial score (nSPS) is 17.6. The minimum Gasteiger partial charge on any atom is -0.492 e. The monoisotopic (exact) mass is 398 g/mol. The Morgan fingerprint density at radius 1 is 1.25 bits per heavy atom. The van der Waals surface area contributed by atoms with Crippen LogP contribution in [0, 0.1) is 0 Å². The van der Waals surface area contributed by atoms with Gasteiger partial charge in [-0.15, -0.1) is 0 Å². The number of nitrogens with zero attached hydrogens (tertiary/aromatic N) is 3. The zero-order valence-corrected chi connectivity index (χ0v) is 16.5. The molecule has 1 N–H and O–H groups in total. The fourth-order valence-corrected chi connectivity index (χ4v) is 3.42. The van der Waals surface area contributed by atoms with Crippen LogP contribution >= 0.6 is 11.6 Å². The Morgan fingerprint density at radius 2 is 2.18 bits per heavy atom. The van der Waals surface area contributed by atoms with Gasteiger partial charge in [0.05, 0.1) is 25.1 Å². The number of halogens is 1. The summed E-state index contributed by atoms with van der Waals surface area (Å²) in [5.74, 6) is 1.63. The summed E-state index contributed by atoms with van der Waals surface area (Å²) < 4.78 is 11.5. The van der Waals surface area contributed by atoms with Crippen molar-refractivity contribution in [2.45, 2.75) is 13.0 Å². The van der Waals surface area contributed by atoms with Gasteiger partial charge in [0.25, 0.3) is 0 Å². The average Bonchev–Trinajstić information content (AvgIpc) is 2.71. The molecule has 1 aliphatic rings. The van der Waals surface area contributed by atoms with Gasteiger partial charge in [-0.1, -0.05) is 11.6 Å². The van der Waals surface area contributed by atoms with Gasteiger partial charge in [-0.05, 0) is 48.7 Å². The van der Waals surface area contributed by atoms with E-state index in [0.29, 0.717) is 17.8 Å². The predicted molar refractivity (Wildman–Crippen MR) is 112 cm³/mol. The average molecular weight is 399 g/mol. The highest BCUT2D eigenvalue weighted by Gasteiger charge is 2.18. The first-order chi connectivity index (χ1) is 13.7. The molecule has 1 aliphatic heterocycles. The summed E-state index contributed by atoms with van der Waals surface area (Å²) in [5.41, 5.74) is 0.837. The van der Waals surface area contributed by atoms with E-state index in [0.717, 1.165) is 54.3 Å². The highest BCUT2D eigenvalue weighted by Crippen LogP contribution is 2.27. The molecule has 2 aromatic heterocycles. The molecule has 1 aromatic carbocycles. The maximum atomic E-state index is 5.99. The minimum absolute atomic E-state index is 0.441. The number of pyridine rings is 2. The molecule has 0 spiro atoms. The molecule has 0 aliphatic carbocycles. The maximum absolute atomic E-state index is 5.99. The zero-order chi connectivity index (χ0) is 19.3. The molecule has 1 fully saturated rings. The molecule has 4 rings (SSSR count). The van der Waals surface area contributed by atoms with E-state index in [1.54, 1.807) is 18.5 Å². The minimum atomic E-state index is 0.441. The first kappa shape index (κ1) is 18.9. The van der Waals surface area contributed by atoms with Gasteiger partial charge in [0.15, 0.2) is 0 Å². The maximum Gasteiger partial charge on any atom is 0.138 e. The number of benzene rings is 1. The van der Waals surface area contributed by atoms with Crippen molar-refractivity contribution >= 4 is 33.9 Å². The van der Waals surface area contributed by atoms with E-state index in [2.05, 4.69) is 27.1 Å². The summed E-state index contributed by atoms with van der Waals surface area (Å²) >= 11 is 5.85. The topological polar surface area (TPSA) is 59.5 Å². The van der Waals surface area contributed by atoms with E-state index < -0.39 is 0 Å². The molecule has 0 amide bonds. The molecule has 0 bridgehead atoms. The summed E-state index contributed by atoms with van der Waals surface area (Å²) in [5, 5.41) is 5.84. The summed E-state index contributed by atoms with van der Waals surface area (Å²) in [4.78, 5) is 10.9. The van der Waals surface area contributed by atoms with Gasteiger partial charge < -0.3 is 14.8 Å². The predicted octanol–water partition coefficient (Wildman–Crippen LogP) is 4.13. The molecule has 0 radical (unpaired) electrons. The molecule has 146 valence electrons. The summed E-state index contributed by atoms with van der Waals surface area (Å²) in [6.45, 7) is 6.29. The van der Waals surface area contributed by atoms with Gasteiger partial charge in [-0.25, -0.2) is 9.97 Å². The van der Waals surface area contributed by atoms with Gasteiger partial charge in [-0.3, -0.25) is 4.90 Å². The third-order valence-corrected chi connectivity index (χ3v) is 5.10. The fraction of sp³-hybridized carbons (Fsp3) is 0.333. The first-order valence-corrected chi connectivity index (χ1v) is 9.79. The number of rotatable bonds is 6. The van der Waals surface area contributed by atoms with Crippen LogP contribution in [-0.4, -0.2) is 53.8 Å². The number of morpholine rings is 1. The lowest BCUT2D eigenvalue weighted by Gasteiger charge is -2.32. The molecular formula is C21H23ClN4O2. The van der Waals surface area contributed by atoms with E-state index in [1.165, 1.54) is 0 Å². The van der Waals surface area contributed by atoms with Crippen molar-refractivity contribution in [2.24, 2.45) is 0 Å². The van der Waals surface area contributed by atoms with Crippen LogP contribution < -0.4 is 10.1 Å². The van der Waals surface area contributed by atoms with Crippen molar-refractivity contribution in [1.29, 1.82) is 0 Å². The van der Waals surface area contributed by atoms with Crippen LogP contribution in [0.15, 0.2) is 48.8 Å². The molecule has 28 heavy (non-hydrogen) atoms. The standard InChI is InChI=1S/C21H23ClN4O2/c1-15-14-27-10-8-26(15)9-11-28-18-3-4-19-16(12-18)6-7-23-21(19)25-17-2-5-20(22)24-13-17/h2-7,12-13,15H,8-11,14H2,1H3,(H,23,25)/t15-/m0/s1. The Morgan fingerprint density at radius 3 is 3.00 bits per heavy atom. The molecule has 0 unspecified atom stereocenters. The summed E-state index contributed by atoms with van der Waals surface area (Å²) in [6.07, 6.45) is 3.47. The third-order valence-electron chi connectivity index (χ3n) is 4.88. The van der Waals surface area contributed by atoms with Crippen molar-refractivity contribution in [1.82, 2.24) is 14.9 Å². The second-order valence-corrected chi connectivity index (χ2v) is 7.23. The lowest BCUT2D eigenvalue weighted by Crippen LogP contribution is -2.45. The van der Waals surface area contributed by atoms with Crippen LogP contribution in [0.3, 0.4) is 0 Å². The number of nitrogens with one attached hydrogen (secondary N) is 1. The van der Waals surface area contributed by atoms with Crippen LogP contribution in [0.25, 0.3) is 10.8 Å². The van der Waals surface area contributed by atoms with E-state index in [4.69, 9.17) is 21.1 Å². The van der Waals surface area contributed by atoms with Crippen LogP contribution in [0.1, 0.15) is 6.92 Å². The van der Waals surface area contributed by atoms with E-state index in [-0.39, 0.29) is 0 Å². The largest absolute Gasteiger partial charge is 0.492 e. The molecule has 3 heterocycles. The molecule has 7 heteroatoms. The molecule has 0 saturated carbocycles. The van der Waals surface area contributed by atoms with Crippen LogP contribution in [0.5, 0.6) is 5.75 Å².